The molecule has 2 bridgehead atoms. The van der Waals surface area contributed by atoms with Crippen molar-refractivity contribution in [2.24, 2.45) is 5.41 Å². The summed E-state index contributed by atoms with van der Waals surface area (Å²) in [6, 6.07) is 3.66. The van der Waals surface area contributed by atoms with Crippen LogP contribution in [0.3, 0.4) is 0 Å². The Kier molecular flexibility index (Phi) is 2.35. The van der Waals surface area contributed by atoms with Crippen molar-refractivity contribution >= 4 is 34.2 Å². The van der Waals surface area contributed by atoms with Crippen LogP contribution >= 0.6 is 23.2 Å². The lowest BCUT2D eigenvalue weighted by Gasteiger charge is -2.34. The van der Waals surface area contributed by atoms with Crippen LogP contribution in [0, 0.1) is 5.41 Å². The minimum absolute atomic E-state index is 0.125. The van der Waals surface area contributed by atoms with Gasteiger partial charge in [-0.25, -0.2) is 9.97 Å². The van der Waals surface area contributed by atoms with Gasteiger partial charge in [0.05, 0.1) is 32.5 Å². The van der Waals surface area contributed by atoms with Gasteiger partial charge in [0, 0.05) is 11.3 Å². The molecule has 2 atom stereocenters. The smallest absolute Gasteiger partial charge is 0.0906 e. The summed E-state index contributed by atoms with van der Waals surface area (Å²) in [6.07, 6.45) is 2.40. The Morgan fingerprint density at radius 1 is 1.05 bits per heavy atom. The lowest BCUT2D eigenvalue weighted by molar-refractivity contribution is 0.227. The molecule has 1 saturated carbocycles. The monoisotopic (exact) mass is 306 g/mol. The van der Waals surface area contributed by atoms with Crippen molar-refractivity contribution in [2.45, 2.75) is 44.9 Å². The maximum absolute atomic E-state index is 6.11. The van der Waals surface area contributed by atoms with Gasteiger partial charge in [-0.2, -0.15) is 0 Å². The van der Waals surface area contributed by atoms with Crippen LogP contribution in [0.25, 0.3) is 11.0 Å². The summed E-state index contributed by atoms with van der Waals surface area (Å²) < 4.78 is 0. The summed E-state index contributed by atoms with van der Waals surface area (Å²) in [5.74, 6) is 0.508. The third-order valence-corrected chi connectivity index (χ3v) is 6.53. The van der Waals surface area contributed by atoms with Crippen molar-refractivity contribution in [1.29, 1.82) is 0 Å². The van der Waals surface area contributed by atoms with Crippen LogP contribution in [0.5, 0.6) is 0 Å². The Morgan fingerprint density at radius 3 is 2.30 bits per heavy atom. The molecule has 0 radical (unpaired) electrons. The van der Waals surface area contributed by atoms with Crippen LogP contribution in [-0.4, -0.2) is 9.97 Å². The molecule has 104 valence electrons. The maximum Gasteiger partial charge on any atom is 0.0906 e. The minimum atomic E-state index is 0.125. The van der Waals surface area contributed by atoms with Crippen molar-refractivity contribution in [3.63, 3.8) is 0 Å². The molecule has 1 aromatic carbocycles. The Morgan fingerprint density at radius 2 is 1.65 bits per heavy atom. The number of rotatable bonds is 0. The zero-order chi connectivity index (χ0) is 14.3. The molecule has 0 saturated heterocycles. The fraction of sp³-hybridized carbons (Fsp3) is 0.500. The second-order valence-electron chi connectivity index (χ2n) is 6.86. The van der Waals surface area contributed by atoms with E-state index in [1.54, 1.807) is 0 Å². The van der Waals surface area contributed by atoms with Gasteiger partial charge in [0.15, 0.2) is 0 Å². The zero-order valence-electron chi connectivity index (χ0n) is 11.8. The number of nitrogens with zero attached hydrogens (tertiary/aromatic N) is 2. The minimum Gasteiger partial charge on any atom is -0.249 e. The summed E-state index contributed by atoms with van der Waals surface area (Å²) in [6.45, 7) is 7.02. The van der Waals surface area contributed by atoms with Crippen molar-refractivity contribution in [2.75, 3.05) is 0 Å². The van der Waals surface area contributed by atoms with Crippen molar-refractivity contribution in [3.05, 3.63) is 33.6 Å². The first kappa shape index (κ1) is 12.8. The third-order valence-electron chi connectivity index (χ3n) is 5.81. The molecule has 1 fully saturated rings. The highest BCUT2D eigenvalue weighted by Crippen LogP contribution is 2.66. The van der Waals surface area contributed by atoms with E-state index in [9.17, 15) is 0 Å². The van der Waals surface area contributed by atoms with Gasteiger partial charge in [0.2, 0.25) is 0 Å². The van der Waals surface area contributed by atoms with Gasteiger partial charge in [-0.3, -0.25) is 0 Å². The van der Waals surface area contributed by atoms with E-state index in [2.05, 4.69) is 20.8 Å². The topological polar surface area (TPSA) is 25.8 Å². The predicted molar refractivity (Wildman–Crippen MR) is 82.7 cm³/mol. The number of benzene rings is 1. The third kappa shape index (κ3) is 1.32. The summed E-state index contributed by atoms with van der Waals surface area (Å²) in [5, 5.41) is 1.09. The number of hydrogen-bond donors (Lipinski definition) is 0. The molecule has 2 aliphatic carbocycles. The highest BCUT2D eigenvalue weighted by Gasteiger charge is 2.61. The van der Waals surface area contributed by atoms with E-state index in [-0.39, 0.29) is 10.8 Å². The van der Waals surface area contributed by atoms with Crippen molar-refractivity contribution < 1.29 is 0 Å². The van der Waals surface area contributed by atoms with E-state index < -0.39 is 0 Å². The molecular weight excluding hydrogens is 291 g/mol. The van der Waals surface area contributed by atoms with E-state index in [1.807, 2.05) is 12.1 Å². The first-order chi connectivity index (χ1) is 9.34. The molecule has 2 aliphatic rings. The second kappa shape index (κ2) is 3.66. The first-order valence-corrected chi connectivity index (χ1v) is 7.77. The Bertz CT molecular complexity index is 754. The van der Waals surface area contributed by atoms with Crippen LogP contribution in [0.1, 0.15) is 50.9 Å². The molecule has 0 amide bonds. The van der Waals surface area contributed by atoms with E-state index >= 15 is 0 Å². The zero-order valence-corrected chi connectivity index (χ0v) is 13.3. The number of halogens is 2. The standard InChI is InChI=1S/C16H16Cl2N2/c1-15(2)8-4-5-16(15,3)14-13(8)19-11-6-9(17)10(18)7-12(11)20-14/h6-8H,4-5H2,1-3H3. The molecule has 2 unspecified atom stereocenters. The number of fused-ring (bicyclic) bond motifs is 6. The van der Waals surface area contributed by atoms with Gasteiger partial charge in [0.1, 0.15) is 0 Å². The van der Waals surface area contributed by atoms with Gasteiger partial charge in [-0.1, -0.05) is 44.0 Å². The largest absolute Gasteiger partial charge is 0.249 e. The quantitative estimate of drug-likeness (QED) is 0.676. The molecule has 20 heavy (non-hydrogen) atoms. The van der Waals surface area contributed by atoms with Gasteiger partial charge in [-0.15, -0.1) is 0 Å². The van der Waals surface area contributed by atoms with E-state index in [4.69, 9.17) is 33.2 Å². The number of aromatic nitrogens is 2. The van der Waals surface area contributed by atoms with E-state index in [1.165, 1.54) is 24.2 Å². The molecule has 4 heteroatoms. The summed E-state index contributed by atoms with van der Waals surface area (Å²) in [5.41, 5.74) is 4.40. The van der Waals surface area contributed by atoms with Gasteiger partial charge in [0.25, 0.3) is 0 Å². The maximum atomic E-state index is 6.11. The Balaban J connectivity index is 2.06. The molecular formula is C16H16Cl2N2. The molecule has 0 aliphatic heterocycles. The SMILES string of the molecule is CC12CCC(c3nc4cc(Cl)c(Cl)cc4nc31)C2(C)C. The van der Waals surface area contributed by atoms with Gasteiger partial charge in [-0.05, 0) is 30.4 Å². The van der Waals surface area contributed by atoms with Crippen molar-refractivity contribution in [1.82, 2.24) is 9.97 Å². The molecule has 2 nitrogen and oxygen atoms in total. The molecule has 0 spiro atoms. The normalized spacial score (nSPS) is 29.9. The molecule has 0 N–H and O–H groups in total. The van der Waals surface area contributed by atoms with Crippen LogP contribution in [0.4, 0.5) is 0 Å². The fourth-order valence-corrected chi connectivity index (χ4v) is 4.43. The first-order valence-electron chi connectivity index (χ1n) is 7.02. The highest BCUT2D eigenvalue weighted by atomic mass is 35.5. The molecule has 1 aromatic heterocycles. The van der Waals surface area contributed by atoms with Gasteiger partial charge >= 0.3 is 0 Å². The lowest BCUT2D eigenvalue weighted by Crippen LogP contribution is -2.31. The van der Waals surface area contributed by atoms with Crippen LogP contribution in [0.2, 0.25) is 10.0 Å². The average Bonchev–Trinajstić information content (AvgIpc) is 2.69. The van der Waals surface area contributed by atoms with Crippen LogP contribution in [-0.2, 0) is 5.41 Å². The summed E-state index contributed by atoms with van der Waals surface area (Å²) in [7, 11) is 0. The Hall–Kier alpha value is -0.860. The molecule has 4 rings (SSSR count). The number of hydrogen-bond acceptors (Lipinski definition) is 2. The van der Waals surface area contributed by atoms with Crippen molar-refractivity contribution in [3.8, 4) is 0 Å². The van der Waals surface area contributed by atoms with E-state index in [0.717, 1.165) is 11.0 Å². The molecule has 1 heterocycles. The predicted octanol–water partition coefficient (Wildman–Crippen LogP) is 5.11. The second-order valence-corrected chi connectivity index (χ2v) is 7.67. The Labute approximate surface area is 128 Å². The highest BCUT2D eigenvalue weighted by molar-refractivity contribution is 6.42. The summed E-state index contributed by atoms with van der Waals surface area (Å²) in [4.78, 5) is 9.78. The van der Waals surface area contributed by atoms with Gasteiger partial charge < -0.3 is 0 Å². The average molecular weight is 307 g/mol. The summed E-state index contributed by atoms with van der Waals surface area (Å²) >= 11 is 12.2. The van der Waals surface area contributed by atoms with Crippen LogP contribution < -0.4 is 0 Å². The fourth-order valence-electron chi connectivity index (χ4n) is 4.12. The lowest BCUT2D eigenvalue weighted by atomic mass is 9.70. The molecule has 2 aromatic rings. The van der Waals surface area contributed by atoms with Crippen LogP contribution in [0.15, 0.2) is 12.1 Å². The van der Waals surface area contributed by atoms with E-state index in [0.29, 0.717) is 16.0 Å².